The summed E-state index contributed by atoms with van der Waals surface area (Å²) in [6.07, 6.45) is 0. The van der Waals surface area contributed by atoms with E-state index in [2.05, 4.69) is 10.1 Å². The van der Waals surface area contributed by atoms with Crippen LogP contribution >= 0.6 is 0 Å². The molecule has 0 aromatic heterocycles. The Balaban J connectivity index is 2.45. The Hall–Kier alpha value is -2.60. The number of ether oxygens (including phenoxy) is 2. The fourth-order valence-electron chi connectivity index (χ4n) is 2.31. The molecule has 0 aliphatic rings. The molecule has 0 fully saturated rings. The molecule has 2 rings (SSSR count). The molecule has 0 saturated carbocycles. The van der Waals surface area contributed by atoms with E-state index in [0.29, 0.717) is 23.3 Å². The Morgan fingerprint density at radius 1 is 1.22 bits per heavy atom. The van der Waals surface area contributed by atoms with Crippen LogP contribution in [0.25, 0.3) is 10.8 Å². The van der Waals surface area contributed by atoms with Crippen molar-refractivity contribution in [2.75, 3.05) is 20.3 Å². The highest BCUT2D eigenvalue weighted by atomic mass is 16.5. The minimum atomic E-state index is -1.12. The Kier molecular flexibility index (Phi) is 5.54. The fraction of sp³-hybridized carbons (Fsp3) is 0.294. The summed E-state index contributed by atoms with van der Waals surface area (Å²) in [5, 5.41) is 13.3. The lowest BCUT2D eigenvalue weighted by molar-refractivity contribution is -0.143. The van der Waals surface area contributed by atoms with E-state index in [0.717, 1.165) is 5.39 Å². The number of carbonyl (C=O) groups is 2. The molecule has 0 aliphatic carbocycles. The Morgan fingerprint density at radius 3 is 2.61 bits per heavy atom. The lowest BCUT2D eigenvalue weighted by Crippen LogP contribution is -2.44. The maximum atomic E-state index is 12.6. The molecule has 1 atom stereocenters. The number of nitrogens with one attached hydrogen (secondary N) is 1. The van der Waals surface area contributed by atoms with Crippen molar-refractivity contribution in [1.29, 1.82) is 0 Å². The molecule has 0 unspecified atom stereocenters. The molecule has 0 radical (unpaired) electrons. The highest BCUT2D eigenvalue weighted by molar-refractivity contribution is 6.10. The average Bonchev–Trinajstić information content (AvgIpc) is 2.58. The van der Waals surface area contributed by atoms with E-state index < -0.39 is 24.5 Å². The van der Waals surface area contributed by atoms with E-state index in [1.807, 2.05) is 31.2 Å². The van der Waals surface area contributed by atoms with Gasteiger partial charge in [0, 0.05) is 0 Å². The lowest BCUT2D eigenvalue weighted by atomic mass is 10.0. The minimum absolute atomic E-state index is 0.326. The van der Waals surface area contributed by atoms with Gasteiger partial charge in [0.25, 0.3) is 5.91 Å². The largest absolute Gasteiger partial charge is 0.493 e. The number of rotatable bonds is 6. The van der Waals surface area contributed by atoms with Crippen molar-refractivity contribution >= 4 is 22.6 Å². The van der Waals surface area contributed by atoms with Crippen molar-refractivity contribution in [2.45, 2.75) is 13.0 Å². The number of hydrogen-bond acceptors (Lipinski definition) is 5. The highest BCUT2D eigenvalue weighted by Crippen LogP contribution is 2.28. The SMILES string of the molecule is CCOc1ccc2ccccc2c1C(=O)N[C@@H](CO)C(=O)OC. The number of amides is 1. The van der Waals surface area contributed by atoms with Crippen LogP contribution in [0.3, 0.4) is 0 Å². The summed E-state index contributed by atoms with van der Waals surface area (Å²) in [6.45, 7) is 1.67. The zero-order valence-corrected chi connectivity index (χ0v) is 13.0. The molecule has 1 amide bonds. The number of esters is 1. The smallest absolute Gasteiger partial charge is 0.330 e. The summed E-state index contributed by atoms with van der Waals surface area (Å²) in [4.78, 5) is 24.2. The minimum Gasteiger partial charge on any atom is -0.493 e. The molecular weight excluding hydrogens is 298 g/mol. The number of fused-ring (bicyclic) bond motifs is 1. The molecule has 0 bridgehead atoms. The summed E-state index contributed by atoms with van der Waals surface area (Å²) >= 11 is 0. The molecule has 6 nitrogen and oxygen atoms in total. The third kappa shape index (κ3) is 3.60. The molecule has 23 heavy (non-hydrogen) atoms. The van der Waals surface area contributed by atoms with Crippen LogP contribution in [0.15, 0.2) is 36.4 Å². The lowest BCUT2D eigenvalue weighted by Gasteiger charge is -2.17. The van der Waals surface area contributed by atoms with Gasteiger partial charge in [-0.25, -0.2) is 4.79 Å². The van der Waals surface area contributed by atoms with Crippen LogP contribution in [0.4, 0.5) is 0 Å². The maximum absolute atomic E-state index is 12.6. The maximum Gasteiger partial charge on any atom is 0.330 e. The molecule has 0 aliphatic heterocycles. The predicted octanol–water partition coefficient (Wildman–Crippen LogP) is 1.50. The van der Waals surface area contributed by atoms with Gasteiger partial charge < -0.3 is 19.9 Å². The molecule has 6 heteroatoms. The fourth-order valence-corrected chi connectivity index (χ4v) is 2.31. The van der Waals surface area contributed by atoms with Crippen LogP contribution in [-0.2, 0) is 9.53 Å². The summed E-state index contributed by atoms with van der Waals surface area (Å²) in [6, 6.07) is 9.83. The van der Waals surface area contributed by atoms with Crippen molar-refractivity contribution in [3.8, 4) is 5.75 Å². The van der Waals surface area contributed by atoms with Gasteiger partial charge in [0.2, 0.25) is 0 Å². The van der Waals surface area contributed by atoms with Crippen LogP contribution in [0.2, 0.25) is 0 Å². The number of aliphatic hydroxyl groups is 1. The molecule has 122 valence electrons. The van der Waals surface area contributed by atoms with Gasteiger partial charge in [0.1, 0.15) is 5.75 Å². The number of methoxy groups -OCH3 is 1. The van der Waals surface area contributed by atoms with E-state index >= 15 is 0 Å². The summed E-state index contributed by atoms with van der Waals surface area (Å²) in [5.41, 5.74) is 0.326. The first kappa shape index (κ1) is 16.8. The Labute approximate surface area is 134 Å². The van der Waals surface area contributed by atoms with Crippen molar-refractivity contribution in [1.82, 2.24) is 5.32 Å². The Morgan fingerprint density at radius 2 is 1.96 bits per heavy atom. The number of benzene rings is 2. The quantitative estimate of drug-likeness (QED) is 0.789. The average molecular weight is 317 g/mol. The van der Waals surface area contributed by atoms with Crippen molar-refractivity contribution in [2.24, 2.45) is 0 Å². The van der Waals surface area contributed by atoms with Crippen molar-refractivity contribution in [3.63, 3.8) is 0 Å². The van der Waals surface area contributed by atoms with Crippen LogP contribution < -0.4 is 10.1 Å². The van der Waals surface area contributed by atoms with Gasteiger partial charge in [0.15, 0.2) is 6.04 Å². The molecule has 2 N–H and O–H groups in total. The third-order valence-corrected chi connectivity index (χ3v) is 3.39. The molecular formula is C17H19NO5. The van der Waals surface area contributed by atoms with E-state index in [4.69, 9.17) is 4.74 Å². The van der Waals surface area contributed by atoms with E-state index in [9.17, 15) is 14.7 Å². The van der Waals surface area contributed by atoms with E-state index in [1.54, 1.807) is 12.1 Å². The van der Waals surface area contributed by atoms with Crippen LogP contribution in [0.1, 0.15) is 17.3 Å². The van der Waals surface area contributed by atoms with Crippen LogP contribution in [-0.4, -0.2) is 43.3 Å². The number of carbonyl (C=O) groups excluding carboxylic acids is 2. The first-order valence-corrected chi connectivity index (χ1v) is 7.26. The van der Waals surface area contributed by atoms with Gasteiger partial charge in [-0.2, -0.15) is 0 Å². The second kappa shape index (κ2) is 7.60. The van der Waals surface area contributed by atoms with Gasteiger partial charge in [-0.1, -0.05) is 30.3 Å². The van der Waals surface area contributed by atoms with Gasteiger partial charge in [-0.05, 0) is 23.8 Å². The van der Waals surface area contributed by atoms with Crippen LogP contribution in [0.5, 0.6) is 5.75 Å². The third-order valence-electron chi connectivity index (χ3n) is 3.39. The van der Waals surface area contributed by atoms with Crippen molar-refractivity contribution < 1.29 is 24.2 Å². The van der Waals surface area contributed by atoms with Crippen LogP contribution in [0, 0.1) is 0 Å². The second-order valence-corrected chi connectivity index (χ2v) is 4.82. The zero-order valence-electron chi connectivity index (χ0n) is 13.0. The topological polar surface area (TPSA) is 84.9 Å². The normalized spacial score (nSPS) is 11.8. The van der Waals surface area contributed by atoms with Gasteiger partial charge in [-0.15, -0.1) is 0 Å². The first-order valence-electron chi connectivity index (χ1n) is 7.26. The predicted molar refractivity (Wildman–Crippen MR) is 85.5 cm³/mol. The summed E-state index contributed by atoms with van der Waals surface area (Å²) in [5.74, 6) is -0.793. The van der Waals surface area contributed by atoms with Gasteiger partial charge in [0.05, 0.1) is 25.9 Å². The Bertz CT molecular complexity index is 713. The molecule has 2 aromatic carbocycles. The van der Waals surface area contributed by atoms with Gasteiger partial charge >= 0.3 is 5.97 Å². The number of hydrogen-bond donors (Lipinski definition) is 2. The summed E-state index contributed by atoms with van der Waals surface area (Å²) in [7, 11) is 1.20. The first-order chi connectivity index (χ1) is 11.1. The van der Waals surface area contributed by atoms with E-state index in [-0.39, 0.29) is 0 Å². The molecule has 2 aromatic rings. The van der Waals surface area contributed by atoms with Gasteiger partial charge in [-0.3, -0.25) is 4.79 Å². The summed E-state index contributed by atoms with van der Waals surface area (Å²) < 4.78 is 10.1. The molecule has 0 saturated heterocycles. The van der Waals surface area contributed by atoms with Crippen molar-refractivity contribution in [3.05, 3.63) is 42.0 Å². The standard InChI is InChI=1S/C17H19NO5/c1-3-23-14-9-8-11-6-4-5-7-12(11)15(14)16(20)18-13(10-19)17(21)22-2/h4-9,13,19H,3,10H2,1-2H3,(H,18,20)/t13-/m0/s1. The number of aliphatic hydroxyl groups excluding tert-OH is 1. The highest BCUT2D eigenvalue weighted by Gasteiger charge is 2.24. The van der Waals surface area contributed by atoms with E-state index in [1.165, 1.54) is 7.11 Å². The zero-order chi connectivity index (χ0) is 16.8. The molecule has 0 spiro atoms. The second-order valence-electron chi connectivity index (χ2n) is 4.82. The monoisotopic (exact) mass is 317 g/mol. The molecule has 0 heterocycles.